The van der Waals surface area contributed by atoms with Gasteiger partial charge in [0, 0.05) is 45.9 Å². The van der Waals surface area contributed by atoms with Crippen molar-refractivity contribution in [3.05, 3.63) is 52.5 Å². The molecule has 1 aliphatic rings. The van der Waals surface area contributed by atoms with E-state index in [0.717, 1.165) is 23.4 Å². The van der Waals surface area contributed by atoms with Gasteiger partial charge in [0.1, 0.15) is 11.0 Å². The van der Waals surface area contributed by atoms with Crippen molar-refractivity contribution in [2.24, 2.45) is 23.7 Å². The van der Waals surface area contributed by atoms with Gasteiger partial charge >= 0.3 is 0 Å². The third kappa shape index (κ3) is 14.0. The number of amides is 4. The maximum atomic E-state index is 14.5. The Labute approximate surface area is 363 Å². The largest absolute Gasteiger partial charge is 0.394 e. The van der Waals surface area contributed by atoms with Crippen molar-refractivity contribution in [3.8, 4) is 0 Å². The molecule has 3 N–H and O–H groups in total. The zero-order chi connectivity index (χ0) is 44.5. The summed E-state index contributed by atoms with van der Waals surface area (Å²) in [5.74, 6) is -1.68. The lowest BCUT2D eigenvalue weighted by Gasteiger charge is -2.41. The Hall–Kier alpha value is -3.47. The summed E-state index contributed by atoms with van der Waals surface area (Å²) in [6.07, 6.45) is 3.34. The molecule has 1 aliphatic heterocycles. The number of methoxy groups -OCH3 is 2. The Morgan fingerprint density at radius 1 is 0.967 bits per heavy atom. The Morgan fingerprint density at radius 3 is 2.23 bits per heavy atom. The molecule has 0 bridgehead atoms. The number of thiazole rings is 1. The average Bonchev–Trinajstić information content (AvgIpc) is 3.95. The molecule has 0 aliphatic carbocycles. The molecule has 4 amide bonds. The molecule has 9 atom stereocenters. The van der Waals surface area contributed by atoms with Crippen molar-refractivity contribution in [3.63, 3.8) is 0 Å². The minimum Gasteiger partial charge on any atom is -0.394 e. The first-order chi connectivity index (χ1) is 28.6. The molecule has 1 saturated heterocycles. The van der Waals surface area contributed by atoms with E-state index in [0.29, 0.717) is 32.5 Å². The van der Waals surface area contributed by atoms with Gasteiger partial charge in [0.15, 0.2) is 0 Å². The third-order valence-electron chi connectivity index (χ3n) is 12.0. The highest BCUT2D eigenvalue weighted by Gasteiger charge is 2.43. The van der Waals surface area contributed by atoms with Gasteiger partial charge in [-0.15, -0.1) is 11.3 Å². The quantitative estimate of drug-likeness (QED) is 0.114. The number of carbonyl (C=O) groups is 4. The molecule has 1 aromatic carbocycles. The fraction of sp³-hybridized carbons (Fsp3) is 0.711. The summed E-state index contributed by atoms with van der Waals surface area (Å²) < 4.78 is 17.6. The van der Waals surface area contributed by atoms with Crippen molar-refractivity contribution in [1.29, 1.82) is 0 Å². The van der Waals surface area contributed by atoms with Gasteiger partial charge in [-0.1, -0.05) is 85.2 Å². The molecule has 1 fully saturated rings. The maximum Gasteiger partial charge on any atom is 0.245 e. The van der Waals surface area contributed by atoms with Gasteiger partial charge in [0.2, 0.25) is 23.6 Å². The number of carbonyl (C=O) groups excluding carboxylic acids is 4. The summed E-state index contributed by atoms with van der Waals surface area (Å²) in [5, 5.41) is 18.1. The highest BCUT2D eigenvalue weighted by atomic mass is 32.1. The number of nitrogens with zero attached hydrogens (tertiary/aromatic N) is 4. The zero-order valence-corrected chi connectivity index (χ0v) is 38.8. The second-order valence-corrected chi connectivity index (χ2v) is 17.9. The van der Waals surface area contributed by atoms with Crippen LogP contribution in [0.3, 0.4) is 0 Å². The fourth-order valence-corrected chi connectivity index (χ4v) is 9.25. The summed E-state index contributed by atoms with van der Waals surface area (Å²) in [6, 6.07) is 7.55. The number of rotatable bonds is 26. The summed E-state index contributed by atoms with van der Waals surface area (Å²) in [6.45, 7) is 15.2. The lowest BCUT2D eigenvalue weighted by atomic mass is 9.89. The normalized spacial score (nSPS) is 18.4. The van der Waals surface area contributed by atoms with Crippen LogP contribution in [-0.4, -0.2) is 146 Å². The van der Waals surface area contributed by atoms with Gasteiger partial charge in [-0.05, 0) is 49.6 Å². The van der Waals surface area contributed by atoms with E-state index in [4.69, 9.17) is 19.3 Å². The molecule has 0 radical (unpaired) electrons. The van der Waals surface area contributed by atoms with Gasteiger partial charge < -0.3 is 39.8 Å². The van der Waals surface area contributed by atoms with Crippen LogP contribution in [-0.2, 0) is 39.8 Å². The molecule has 8 unspecified atom stereocenters. The second kappa shape index (κ2) is 25.5. The molecular formula is C45H74N6O8S. The standard InChI is InChI=1S/C45H74N6O8S/c1-12-31(6)40(50(9)45(56)38(29(2)3)48-43(55)39(30(4)5)49(8)22-24-59-25-23-52)36(57-10)28-37(53)51-21-16-19-35(51)41(58-11)32(7)42(54)47-34(44-46-20-26-60-44)27-33-17-14-13-15-18-33/h13-15,17-18,20,26,29-32,34-36,38-41,52H,12,16,19,21-25,27-28H2,1-11H3,(H,47,54)(H,48,55)/t31?,32?,34?,35-,36?,38?,39?,40?,41?/m0/s1. The lowest BCUT2D eigenvalue weighted by Crippen LogP contribution is -2.60. The summed E-state index contributed by atoms with van der Waals surface area (Å²) in [7, 11) is 6.75. The van der Waals surface area contributed by atoms with Crippen molar-refractivity contribution in [2.75, 3.05) is 61.2 Å². The molecule has 1 aromatic heterocycles. The first-order valence-electron chi connectivity index (χ1n) is 21.7. The molecule has 0 spiro atoms. The number of ether oxygens (including phenoxy) is 3. The fourth-order valence-electron chi connectivity index (χ4n) is 8.56. The Balaban J connectivity index is 1.77. The van der Waals surface area contributed by atoms with E-state index in [1.807, 2.05) is 101 Å². The van der Waals surface area contributed by atoms with Crippen LogP contribution in [0.25, 0.3) is 0 Å². The zero-order valence-electron chi connectivity index (χ0n) is 38.0. The molecule has 14 nitrogen and oxygen atoms in total. The number of nitrogens with one attached hydrogen (secondary N) is 2. The predicted molar refractivity (Wildman–Crippen MR) is 235 cm³/mol. The average molecular weight is 859 g/mol. The van der Waals surface area contributed by atoms with Crippen molar-refractivity contribution >= 4 is 35.0 Å². The van der Waals surface area contributed by atoms with Crippen LogP contribution in [0.2, 0.25) is 0 Å². The van der Waals surface area contributed by atoms with E-state index < -0.39 is 36.3 Å². The highest BCUT2D eigenvalue weighted by molar-refractivity contribution is 7.09. The molecule has 15 heteroatoms. The molecule has 2 heterocycles. The van der Waals surface area contributed by atoms with Crippen LogP contribution in [0.4, 0.5) is 0 Å². The molecule has 338 valence electrons. The van der Waals surface area contributed by atoms with Crippen molar-refractivity contribution in [1.82, 2.24) is 30.3 Å². The number of hydrogen-bond acceptors (Lipinski definition) is 11. The maximum absolute atomic E-state index is 14.5. The minimum absolute atomic E-state index is 0.0249. The van der Waals surface area contributed by atoms with Crippen LogP contribution >= 0.6 is 11.3 Å². The Bertz CT molecular complexity index is 1580. The second-order valence-electron chi connectivity index (χ2n) is 16.9. The number of aliphatic hydroxyl groups is 1. The van der Waals surface area contributed by atoms with E-state index in [1.165, 1.54) is 11.3 Å². The predicted octanol–water partition coefficient (Wildman–Crippen LogP) is 4.57. The van der Waals surface area contributed by atoms with Crippen LogP contribution in [0.15, 0.2) is 41.9 Å². The van der Waals surface area contributed by atoms with Gasteiger partial charge in [-0.25, -0.2) is 4.98 Å². The number of benzene rings is 1. The first-order valence-corrected chi connectivity index (χ1v) is 22.5. The van der Waals surface area contributed by atoms with E-state index in [1.54, 1.807) is 32.4 Å². The number of likely N-dealkylation sites (tertiary alicyclic amines) is 1. The number of aliphatic hydroxyl groups excluding tert-OH is 1. The Morgan fingerprint density at radius 2 is 1.67 bits per heavy atom. The van der Waals surface area contributed by atoms with Gasteiger partial charge in [0.05, 0.1) is 68.5 Å². The molecule has 2 aromatic rings. The van der Waals surface area contributed by atoms with Gasteiger partial charge in [0.25, 0.3) is 0 Å². The number of likely N-dealkylation sites (N-methyl/N-ethyl adjacent to an activating group) is 2. The SMILES string of the molecule is CCC(C)C(C(CC(=O)N1CCC[C@H]1C(OC)C(C)C(=O)NC(Cc1ccccc1)c1nccs1)OC)N(C)C(=O)C(NC(=O)C(C(C)C)N(C)CCOCCO)C(C)C. The van der Waals surface area contributed by atoms with E-state index >= 15 is 0 Å². The smallest absolute Gasteiger partial charge is 0.245 e. The van der Waals surface area contributed by atoms with E-state index in [9.17, 15) is 19.2 Å². The van der Waals surface area contributed by atoms with Crippen molar-refractivity contribution < 1.29 is 38.5 Å². The summed E-state index contributed by atoms with van der Waals surface area (Å²) in [4.78, 5) is 66.6. The topological polar surface area (TPSA) is 163 Å². The van der Waals surface area contributed by atoms with Gasteiger partial charge in [-0.2, -0.15) is 0 Å². The summed E-state index contributed by atoms with van der Waals surface area (Å²) >= 11 is 1.50. The Kier molecular flexibility index (Phi) is 21.6. The lowest BCUT2D eigenvalue weighted by molar-refractivity contribution is -0.148. The molecule has 60 heavy (non-hydrogen) atoms. The van der Waals surface area contributed by atoms with Crippen LogP contribution in [0.1, 0.15) is 90.8 Å². The van der Waals surface area contributed by atoms with Crippen LogP contribution < -0.4 is 10.6 Å². The summed E-state index contributed by atoms with van der Waals surface area (Å²) in [5.41, 5.74) is 1.09. The third-order valence-corrected chi connectivity index (χ3v) is 12.9. The highest BCUT2D eigenvalue weighted by Crippen LogP contribution is 2.30. The first kappa shape index (κ1) is 50.9. The van der Waals surface area contributed by atoms with Gasteiger partial charge in [-0.3, -0.25) is 24.1 Å². The number of aromatic nitrogens is 1. The molecule has 3 rings (SSSR count). The van der Waals surface area contributed by atoms with Crippen molar-refractivity contribution in [2.45, 2.75) is 123 Å². The number of hydrogen-bond donors (Lipinski definition) is 3. The van der Waals surface area contributed by atoms with Crippen LogP contribution in [0, 0.1) is 23.7 Å². The van der Waals surface area contributed by atoms with E-state index in [-0.39, 0.29) is 73.1 Å². The molecule has 0 saturated carbocycles. The minimum atomic E-state index is -0.816. The van der Waals surface area contributed by atoms with E-state index in [2.05, 4.69) is 15.6 Å². The molecular weight excluding hydrogens is 785 g/mol. The van der Waals surface area contributed by atoms with Crippen LogP contribution in [0.5, 0.6) is 0 Å². The monoisotopic (exact) mass is 859 g/mol.